The molecule has 1 aromatic carbocycles. The molecule has 0 bridgehead atoms. The number of nitrogens with one attached hydrogen (secondary N) is 1. The SMILES string of the molecule is O=C(NCCc1cccc(Cl)c1)C1CCN(C(=O)C(F)(F)F)CC1. The molecule has 1 aromatic rings. The van der Waals surface area contributed by atoms with Gasteiger partial charge in [-0.15, -0.1) is 0 Å². The molecule has 4 nitrogen and oxygen atoms in total. The van der Waals surface area contributed by atoms with Gasteiger partial charge in [0.2, 0.25) is 5.91 Å². The molecule has 0 aliphatic carbocycles. The van der Waals surface area contributed by atoms with Gasteiger partial charge in [0.05, 0.1) is 0 Å². The Balaban J connectivity index is 1.74. The van der Waals surface area contributed by atoms with Crippen molar-refractivity contribution in [2.45, 2.75) is 25.4 Å². The van der Waals surface area contributed by atoms with Gasteiger partial charge in [0, 0.05) is 30.6 Å². The summed E-state index contributed by atoms with van der Waals surface area (Å²) in [5, 5.41) is 3.41. The van der Waals surface area contributed by atoms with Crippen molar-refractivity contribution < 1.29 is 22.8 Å². The number of amides is 2. The average molecular weight is 363 g/mol. The van der Waals surface area contributed by atoms with Crippen LogP contribution < -0.4 is 5.32 Å². The highest BCUT2D eigenvalue weighted by Crippen LogP contribution is 2.24. The van der Waals surface area contributed by atoms with Gasteiger partial charge in [-0.2, -0.15) is 13.2 Å². The van der Waals surface area contributed by atoms with Crippen LogP contribution in [-0.2, 0) is 16.0 Å². The molecule has 1 aliphatic heterocycles. The van der Waals surface area contributed by atoms with Crippen LogP contribution in [0.1, 0.15) is 18.4 Å². The van der Waals surface area contributed by atoms with Crippen molar-refractivity contribution in [1.29, 1.82) is 0 Å². The number of hydrogen-bond donors (Lipinski definition) is 1. The van der Waals surface area contributed by atoms with Crippen LogP contribution in [0.4, 0.5) is 13.2 Å². The Morgan fingerprint density at radius 3 is 2.50 bits per heavy atom. The summed E-state index contributed by atoms with van der Waals surface area (Å²) in [4.78, 5) is 24.0. The highest BCUT2D eigenvalue weighted by Gasteiger charge is 2.43. The first-order valence-corrected chi connectivity index (χ1v) is 8.03. The molecule has 1 aliphatic rings. The largest absolute Gasteiger partial charge is 0.471 e. The van der Waals surface area contributed by atoms with Crippen LogP contribution in [0.15, 0.2) is 24.3 Å². The molecule has 132 valence electrons. The lowest BCUT2D eigenvalue weighted by atomic mass is 9.95. The van der Waals surface area contributed by atoms with Crippen LogP contribution in [0.3, 0.4) is 0 Å². The van der Waals surface area contributed by atoms with Gasteiger partial charge in [-0.05, 0) is 37.0 Å². The first-order valence-electron chi connectivity index (χ1n) is 7.65. The molecule has 8 heteroatoms. The van der Waals surface area contributed by atoms with Crippen LogP contribution in [0, 0.1) is 5.92 Å². The van der Waals surface area contributed by atoms with Gasteiger partial charge in [0.1, 0.15) is 0 Å². The van der Waals surface area contributed by atoms with E-state index in [2.05, 4.69) is 5.32 Å². The van der Waals surface area contributed by atoms with Crippen molar-refractivity contribution in [3.63, 3.8) is 0 Å². The number of piperidine rings is 1. The number of likely N-dealkylation sites (tertiary alicyclic amines) is 1. The van der Waals surface area contributed by atoms with Crippen molar-refractivity contribution in [3.05, 3.63) is 34.9 Å². The van der Waals surface area contributed by atoms with Gasteiger partial charge >= 0.3 is 12.1 Å². The monoisotopic (exact) mass is 362 g/mol. The number of benzene rings is 1. The quantitative estimate of drug-likeness (QED) is 0.895. The third-order valence-electron chi connectivity index (χ3n) is 4.00. The number of carbonyl (C=O) groups excluding carboxylic acids is 2. The van der Waals surface area contributed by atoms with E-state index in [1.807, 2.05) is 18.2 Å². The predicted molar refractivity (Wildman–Crippen MR) is 83.5 cm³/mol. The lowest BCUT2D eigenvalue weighted by Crippen LogP contribution is -2.47. The molecule has 0 aromatic heterocycles. The molecule has 0 radical (unpaired) electrons. The zero-order valence-electron chi connectivity index (χ0n) is 12.9. The average Bonchev–Trinajstić information content (AvgIpc) is 2.53. The van der Waals surface area contributed by atoms with Gasteiger partial charge in [-0.1, -0.05) is 23.7 Å². The van der Waals surface area contributed by atoms with E-state index in [-0.39, 0.29) is 37.8 Å². The Morgan fingerprint density at radius 2 is 1.92 bits per heavy atom. The summed E-state index contributed by atoms with van der Waals surface area (Å²) < 4.78 is 37.1. The summed E-state index contributed by atoms with van der Waals surface area (Å²) in [7, 11) is 0. The van der Waals surface area contributed by atoms with Crippen LogP contribution >= 0.6 is 11.6 Å². The molecule has 0 spiro atoms. The minimum Gasteiger partial charge on any atom is -0.356 e. The Labute approximate surface area is 143 Å². The topological polar surface area (TPSA) is 49.4 Å². The second kappa shape index (κ2) is 7.88. The van der Waals surface area contributed by atoms with Gasteiger partial charge in [0.15, 0.2) is 0 Å². The molecule has 2 amide bonds. The molecular formula is C16H18ClF3N2O2. The van der Waals surface area contributed by atoms with E-state index in [0.29, 0.717) is 18.0 Å². The molecular weight excluding hydrogens is 345 g/mol. The summed E-state index contributed by atoms with van der Waals surface area (Å²) in [5.41, 5.74) is 0.994. The molecule has 24 heavy (non-hydrogen) atoms. The van der Waals surface area contributed by atoms with E-state index in [1.54, 1.807) is 6.07 Å². The summed E-state index contributed by atoms with van der Waals surface area (Å²) in [6.45, 7) is 0.330. The summed E-state index contributed by atoms with van der Waals surface area (Å²) >= 11 is 5.88. The van der Waals surface area contributed by atoms with Gasteiger partial charge in [0.25, 0.3) is 0 Å². The number of alkyl halides is 3. The van der Waals surface area contributed by atoms with Gasteiger partial charge in [-0.3, -0.25) is 9.59 Å². The maximum atomic E-state index is 12.4. The molecule has 2 rings (SSSR count). The first kappa shape index (κ1) is 18.6. The maximum absolute atomic E-state index is 12.4. The second-order valence-electron chi connectivity index (χ2n) is 5.74. The molecule has 0 unspecified atom stereocenters. The first-order chi connectivity index (χ1) is 11.3. The second-order valence-corrected chi connectivity index (χ2v) is 6.17. The fraction of sp³-hybridized carbons (Fsp3) is 0.500. The van der Waals surface area contributed by atoms with Gasteiger partial charge in [-0.25, -0.2) is 0 Å². The summed E-state index contributed by atoms with van der Waals surface area (Å²) in [5.74, 6) is -2.37. The fourth-order valence-electron chi connectivity index (χ4n) is 2.69. The lowest BCUT2D eigenvalue weighted by molar-refractivity contribution is -0.186. The molecule has 1 fully saturated rings. The van der Waals surface area contributed by atoms with E-state index in [9.17, 15) is 22.8 Å². The molecule has 1 heterocycles. The molecule has 0 saturated carbocycles. The van der Waals surface area contributed by atoms with Crippen LogP contribution in [0.2, 0.25) is 5.02 Å². The fourth-order valence-corrected chi connectivity index (χ4v) is 2.90. The van der Waals surface area contributed by atoms with Gasteiger partial charge < -0.3 is 10.2 Å². The van der Waals surface area contributed by atoms with E-state index in [0.717, 1.165) is 10.5 Å². The number of hydrogen-bond acceptors (Lipinski definition) is 2. The molecule has 1 N–H and O–H groups in total. The minimum atomic E-state index is -4.86. The van der Waals surface area contributed by atoms with Crippen molar-refractivity contribution >= 4 is 23.4 Å². The number of carbonyl (C=O) groups is 2. The third kappa shape index (κ3) is 5.12. The zero-order valence-corrected chi connectivity index (χ0v) is 13.7. The van der Waals surface area contributed by atoms with E-state index >= 15 is 0 Å². The Bertz CT molecular complexity index is 599. The zero-order chi connectivity index (χ0) is 17.7. The smallest absolute Gasteiger partial charge is 0.356 e. The minimum absolute atomic E-state index is 0.0509. The van der Waals surface area contributed by atoms with Crippen LogP contribution in [0.5, 0.6) is 0 Å². The highest BCUT2D eigenvalue weighted by molar-refractivity contribution is 6.30. The Morgan fingerprint density at radius 1 is 1.25 bits per heavy atom. The van der Waals surface area contributed by atoms with Crippen molar-refractivity contribution in [2.75, 3.05) is 19.6 Å². The van der Waals surface area contributed by atoms with Crippen molar-refractivity contribution in [1.82, 2.24) is 10.2 Å². The third-order valence-corrected chi connectivity index (χ3v) is 4.23. The number of rotatable bonds is 4. The lowest BCUT2D eigenvalue weighted by Gasteiger charge is -2.31. The Kier molecular flexibility index (Phi) is 6.10. The Hall–Kier alpha value is -1.76. The molecule has 0 atom stereocenters. The van der Waals surface area contributed by atoms with Crippen LogP contribution in [0.25, 0.3) is 0 Å². The van der Waals surface area contributed by atoms with Crippen LogP contribution in [-0.4, -0.2) is 42.5 Å². The van der Waals surface area contributed by atoms with E-state index in [1.165, 1.54) is 0 Å². The standard InChI is InChI=1S/C16H18ClF3N2O2/c17-13-3-1-2-11(10-13)4-7-21-14(23)12-5-8-22(9-6-12)15(24)16(18,19)20/h1-3,10,12H,4-9H2,(H,21,23). The number of halogens is 4. The maximum Gasteiger partial charge on any atom is 0.471 e. The number of nitrogens with zero attached hydrogens (tertiary/aromatic N) is 1. The highest BCUT2D eigenvalue weighted by atomic mass is 35.5. The predicted octanol–water partition coefficient (Wildman–Crippen LogP) is 2.80. The van der Waals surface area contributed by atoms with E-state index in [4.69, 9.17) is 11.6 Å². The molecule has 1 saturated heterocycles. The van der Waals surface area contributed by atoms with Crippen molar-refractivity contribution in [2.24, 2.45) is 5.92 Å². The van der Waals surface area contributed by atoms with E-state index < -0.39 is 12.1 Å². The normalized spacial score (nSPS) is 16.1. The van der Waals surface area contributed by atoms with Crippen molar-refractivity contribution in [3.8, 4) is 0 Å². The summed E-state index contributed by atoms with van der Waals surface area (Å²) in [6, 6.07) is 7.31. The summed E-state index contributed by atoms with van der Waals surface area (Å²) in [6.07, 6.45) is -3.75.